The molecule has 0 unspecified atom stereocenters. The molecule has 0 bridgehead atoms. The van der Waals surface area contributed by atoms with Crippen LogP contribution in [0.5, 0.6) is 5.88 Å². The quantitative estimate of drug-likeness (QED) is 0.447. The maximum atomic E-state index is 13.1. The highest BCUT2D eigenvalue weighted by atomic mass is 35.5. The van der Waals surface area contributed by atoms with Crippen LogP contribution in [-0.4, -0.2) is 70.0 Å². The van der Waals surface area contributed by atoms with Gasteiger partial charge in [0.1, 0.15) is 0 Å². The number of hydrogen-bond donors (Lipinski definition) is 2. The molecule has 174 valence electrons. The highest BCUT2D eigenvalue weighted by molar-refractivity contribution is 7.89. The van der Waals surface area contributed by atoms with Gasteiger partial charge >= 0.3 is 0 Å². The predicted octanol–water partition coefficient (Wildman–Crippen LogP) is 3.13. The maximum absolute atomic E-state index is 13.1. The van der Waals surface area contributed by atoms with Crippen LogP contribution >= 0.6 is 11.6 Å². The number of hydrogen-bond acceptors (Lipinski definition) is 6. The van der Waals surface area contributed by atoms with Crippen LogP contribution in [-0.2, 0) is 10.0 Å². The summed E-state index contributed by atoms with van der Waals surface area (Å²) in [5.74, 6) is -0.325. The predicted molar refractivity (Wildman–Crippen MR) is 127 cm³/mol. The molecular weight excluding hydrogens is 478 g/mol. The second-order valence-corrected chi connectivity index (χ2v) is 10.2. The number of sulfonamides is 1. The lowest BCUT2D eigenvalue weighted by atomic mass is 10.1. The van der Waals surface area contributed by atoms with Crippen molar-refractivity contribution in [3.05, 3.63) is 71.4 Å². The normalized spacial score (nSPS) is 15.0. The van der Waals surface area contributed by atoms with Gasteiger partial charge in [-0.1, -0.05) is 23.7 Å². The van der Waals surface area contributed by atoms with Gasteiger partial charge in [-0.2, -0.15) is 4.31 Å². The van der Waals surface area contributed by atoms with E-state index in [9.17, 15) is 18.3 Å². The molecule has 1 aliphatic rings. The van der Waals surface area contributed by atoms with Gasteiger partial charge in [-0.3, -0.25) is 4.79 Å². The Labute approximate surface area is 200 Å². The lowest BCUT2D eigenvalue weighted by molar-refractivity contribution is 0.0698. The van der Waals surface area contributed by atoms with E-state index in [1.165, 1.54) is 10.4 Å². The Kier molecular flexibility index (Phi) is 5.72. The van der Waals surface area contributed by atoms with Crippen molar-refractivity contribution >= 4 is 38.4 Å². The summed E-state index contributed by atoms with van der Waals surface area (Å²) >= 11 is 6.09. The van der Waals surface area contributed by atoms with Crippen molar-refractivity contribution in [1.82, 2.24) is 24.4 Å². The number of amides is 1. The number of aromatic hydroxyl groups is 1. The Morgan fingerprint density at radius 2 is 1.71 bits per heavy atom. The van der Waals surface area contributed by atoms with Gasteiger partial charge in [0.05, 0.1) is 15.6 Å². The number of nitrogens with zero attached hydrogens (tertiary/aromatic N) is 4. The standard InChI is InChI=1S/C23H20ClN5O4S/c24-19-14-25-21-13-17(5-6-18(19)21)34(32,33)29-11-9-28(10-12-29)23(31)16-3-1-15(2-4-16)20-7-8-22(30)27-26-20/h1-8,13-14,25H,9-12H2,(H,27,30). The number of H-pyrrole nitrogens is 1. The van der Waals surface area contributed by atoms with Crippen LogP contribution < -0.4 is 0 Å². The number of aromatic amines is 1. The van der Waals surface area contributed by atoms with E-state index >= 15 is 0 Å². The van der Waals surface area contributed by atoms with Gasteiger partial charge in [-0.25, -0.2) is 8.42 Å². The summed E-state index contributed by atoms with van der Waals surface area (Å²) in [7, 11) is -3.70. The molecule has 34 heavy (non-hydrogen) atoms. The first kappa shape index (κ1) is 22.3. The van der Waals surface area contributed by atoms with Gasteiger partial charge in [-0.15, -0.1) is 10.2 Å². The fraction of sp³-hybridized carbons (Fsp3) is 0.174. The van der Waals surface area contributed by atoms with Crippen molar-refractivity contribution < 1.29 is 18.3 Å². The molecule has 11 heteroatoms. The first-order valence-corrected chi connectivity index (χ1v) is 12.3. The third-order valence-electron chi connectivity index (χ3n) is 5.84. The molecule has 0 saturated carbocycles. The Morgan fingerprint density at radius 3 is 2.38 bits per heavy atom. The zero-order valence-corrected chi connectivity index (χ0v) is 19.4. The molecule has 1 aliphatic heterocycles. The summed E-state index contributed by atoms with van der Waals surface area (Å²) in [5.41, 5.74) is 2.50. The van der Waals surface area contributed by atoms with E-state index in [0.717, 1.165) is 10.9 Å². The first-order chi connectivity index (χ1) is 16.3. The number of halogens is 1. The zero-order chi connectivity index (χ0) is 23.9. The average Bonchev–Trinajstić information content (AvgIpc) is 3.24. The first-order valence-electron chi connectivity index (χ1n) is 10.5. The van der Waals surface area contributed by atoms with Gasteiger partial charge < -0.3 is 15.0 Å². The molecule has 5 rings (SSSR count). The topological polar surface area (TPSA) is 119 Å². The number of aromatic nitrogens is 3. The minimum Gasteiger partial charge on any atom is -0.492 e. The molecule has 1 saturated heterocycles. The van der Waals surface area contributed by atoms with Crippen LogP contribution in [0.3, 0.4) is 0 Å². The Balaban J connectivity index is 1.26. The summed E-state index contributed by atoms with van der Waals surface area (Å²) < 4.78 is 27.7. The van der Waals surface area contributed by atoms with Crippen LogP contribution in [0.25, 0.3) is 22.2 Å². The largest absolute Gasteiger partial charge is 0.492 e. The Morgan fingerprint density at radius 1 is 0.971 bits per heavy atom. The zero-order valence-electron chi connectivity index (χ0n) is 17.8. The number of carbonyl (C=O) groups excluding carboxylic acids is 1. The van der Waals surface area contributed by atoms with Crippen molar-refractivity contribution in [3.63, 3.8) is 0 Å². The highest BCUT2D eigenvalue weighted by Gasteiger charge is 2.30. The third kappa shape index (κ3) is 4.11. The second kappa shape index (κ2) is 8.71. The van der Waals surface area contributed by atoms with Crippen molar-refractivity contribution in [2.75, 3.05) is 26.2 Å². The van der Waals surface area contributed by atoms with E-state index in [1.807, 2.05) is 0 Å². The molecule has 1 fully saturated rings. The van der Waals surface area contributed by atoms with Gasteiger partial charge in [0, 0.05) is 60.5 Å². The van der Waals surface area contributed by atoms with Crippen molar-refractivity contribution in [3.8, 4) is 17.1 Å². The smallest absolute Gasteiger partial charge is 0.253 e. The van der Waals surface area contributed by atoms with Gasteiger partial charge in [0.15, 0.2) is 0 Å². The van der Waals surface area contributed by atoms with Crippen LogP contribution in [0.4, 0.5) is 0 Å². The number of benzene rings is 2. The van der Waals surface area contributed by atoms with Crippen molar-refractivity contribution in [2.45, 2.75) is 4.90 Å². The Hall–Kier alpha value is -3.47. The monoisotopic (exact) mass is 497 g/mol. The summed E-state index contributed by atoms with van der Waals surface area (Å²) in [6.07, 6.45) is 1.62. The van der Waals surface area contributed by atoms with Gasteiger partial charge in [0.25, 0.3) is 5.91 Å². The molecule has 0 spiro atoms. The van der Waals surface area contributed by atoms with Crippen LogP contribution in [0.1, 0.15) is 10.4 Å². The number of carbonyl (C=O) groups is 1. The minimum absolute atomic E-state index is 0.161. The van der Waals surface area contributed by atoms with E-state index in [-0.39, 0.29) is 29.8 Å². The number of piperazine rings is 1. The molecule has 0 radical (unpaired) electrons. The molecular formula is C23H20ClN5O4S. The van der Waals surface area contributed by atoms with E-state index in [2.05, 4.69) is 15.2 Å². The highest BCUT2D eigenvalue weighted by Crippen LogP contribution is 2.27. The van der Waals surface area contributed by atoms with Gasteiger partial charge in [-0.05, 0) is 36.4 Å². The van der Waals surface area contributed by atoms with Crippen LogP contribution in [0.2, 0.25) is 5.02 Å². The summed E-state index contributed by atoms with van der Waals surface area (Å²) in [6, 6.07) is 14.8. The minimum atomic E-state index is -3.70. The molecule has 3 heterocycles. The molecule has 9 nitrogen and oxygen atoms in total. The van der Waals surface area contributed by atoms with Crippen molar-refractivity contribution in [2.24, 2.45) is 0 Å². The maximum Gasteiger partial charge on any atom is 0.253 e. The molecule has 2 aromatic carbocycles. The van der Waals surface area contributed by atoms with Crippen LogP contribution in [0, 0.1) is 0 Å². The molecule has 2 N–H and O–H groups in total. The number of nitrogens with one attached hydrogen (secondary N) is 1. The van der Waals surface area contributed by atoms with E-state index in [4.69, 9.17) is 11.6 Å². The van der Waals surface area contributed by atoms with E-state index in [0.29, 0.717) is 34.9 Å². The average molecular weight is 498 g/mol. The fourth-order valence-electron chi connectivity index (χ4n) is 3.96. The lowest BCUT2D eigenvalue weighted by Gasteiger charge is -2.34. The summed E-state index contributed by atoms with van der Waals surface area (Å²) in [4.78, 5) is 17.8. The molecule has 1 amide bonds. The molecule has 0 atom stereocenters. The number of rotatable bonds is 4. The lowest BCUT2D eigenvalue weighted by Crippen LogP contribution is -2.50. The molecule has 4 aromatic rings. The number of fused-ring (bicyclic) bond motifs is 1. The molecule has 2 aromatic heterocycles. The van der Waals surface area contributed by atoms with Crippen molar-refractivity contribution in [1.29, 1.82) is 0 Å². The van der Waals surface area contributed by atoms with Gasteiger partial charge in [0.2, 0.25) is 15.9 Å². The summed E-state index contributed by atoms with van der Waals surface area (Å²) in [5, 5.41) is 18.1. The fourth-order valence-corrected chi connectivity index (χ4v) is 5.62. The van der Waals surface area contributed by atoms with Crippen LogP contribution in [0.15, 0.2) is 65.7 Å². The third-order valence-corrected chi connectivity index (χ3v) is 8.05. The van der Waals surface area contributed by atoms with E-state index < -0.39 is 10.0 Å². The van der Waals surface area contributed by atoms with E-state index in [1.54, 1.807) is 59.6 Å². The molecule has 0 aliphatic carbocycles. The Bertz CT molecular complexity index is 1460. The SMILES string of the molecule is O=C(c1ccc(-c2ccc(O)nn2)cc1)N1CCN(S(=O)(=O)c2ccc3c(Cl)c[nH]c3c2)CC1. The second-order valence-electron chi connectivity index (χ2n) is 7.89. The summed E-state index contributed by atoms with van der Waals surface area (Å²) in [6.45, 7) is 0.997.